The van der Waals surface area contributed by atoms with Crippen LogP contribution in [0.25, 0.3) is 66.2 Å². The normalized spacial score (nSPS) is 13.1. The largest absolute Gasteiger partial charge is 0.512 e. The van der Waals surface area contributed by atoms with E-state index >= 15 is 0 Å². The molecule has 54 heavy (non-hydrogen) atoms. The van der Waals surface area contributed by atoms with Gasteiger partial charge in [0.15, 0.2) is 5.78 Å². The second kappa shape index (κ2) is 16.3. The Morgan fingerprint density at radius 1 is 0.741 bits per heavy atom. The van der Waals surface area contributed by atoms with Crippen LogP contribution in [0.2, 0.25) is 0 Å². The topological polar surface area (TPSA) is 63.3 Å². The van der Waals surface area contributed by atoms with Gasteiger partial charge in [0.05, 0.1) is 5.76 Å². The maximum absolute atomic E-state index is 11.7. The second-order valence-corrected chi connectivity index (χ2v) is 14.7. The zero-order valence-corrected chi connectivity index (χ0v) is 34.4. The van der Waals surface area contributed by atoms with Crippen molar-refractivity contribution in [2.24, 2.45) is 11.8 Å². The van der Waals surface area contributed by atoms with Crippen LogP contribution in [0, 0.1) is 17.9 Å². The zero-order valence-electron chi connectivity index (χ0n) is 32.0. The maximum atomic E-state index is 11.7. The molecule has 5 aromatic carbocycles. The molecule has 2 heterocycles. The van der Waals surface area contributed by atoms with Crippen molar-refractivity contribution in [3.63, 3.8) is 0 Å². The predicted molar refractivity (Wildman–Crippen MR) is 220 cm³/mol. The first kappa shape index (κ1) is 38.9. The molecule has 0 saturated carbocycles. The molecule has 277 valence electrons. The van der Waals surface area contributed by atoms with Crippen molar-refractivity contribution in [2.45, 2.75) is 72.6 Å². The number of carbonyl (C=O) groups is 1. The Morgan fingerprint density at radius 2 is 1.31 bits per heavy atom. The number of aromatic nitrogens is 1. The fourth-order valence-electron chi connectivity index (χ4n) is 8.02. The number of rotatable bonds is 9. The van der Waals surface area contributed by atoms with Gasteiger partial charge in [-0.1, -0.05) is 149 Å². The second-order valence-electron chi connectivity index (χ2n) is 14.7. The smallest absolute Gasteiger partial charge is 0.162 e. The van der Waals surface area contributed by atoms with Crippen molar-refractivity contribution in [2.75, 3.05) is 0 Å². The quantitative estimate of drug-likeness (QED) is 0.0891. The molecule has 1 N–H and O–H groups in total. The van der Waals surface area contributed by atoms with Gasteiger partial charge in [0, 0.05) is 71.8 Å². The third-order valence-electron chi connectivity index (χ3n) is 11.3. The number of fused-ring (bicyclic) bond motifs is 3. The molecule has 0 fully saturated rings. The minimum absolute atomic E-state index is 0. The summed E-state index contributed by atoms with van der Waals surface area (Å²) < 4.78 is 6.92. The summed E-state index contributed by atoms with van der Waals surface area (Å²) in [6.07, 6.45) is 6.88. The number of allylic oxidation sites excluding steroid dienone is 2. The number of ketones is 1. The van der Waals surface area contributed by atoms with Crippen LogP contribution in [0.3, 0.4) is 0 Å². The third kappa shape index (κ3) is 6.96. The molecule has 1 aliphatic rings. The Labute approximate surface area is 332 Å². The van der Waals surface area contributed by atoms with Gasteiger partial charge in [0.25, 0.3) is 0 Å². The van der Waals surface area contributed by atoms with Crippen molar-refractivity contribution < 1.29 is 34.4 Å². The number of hydrogen-bond acceptors (Lipinski definition) is 4. The van der Waals surface area contributed by atoms with Gasteiger partial charge in [-0.2, -0.15) is 0 Å². The van der Waals surface area contributed by atoms with E-state index in [1.54, 1.807) is 0 Å². The summed E-state index contributed by atoms with van der Waals surface area (Å²) in [4.78, 5) is 16.9. The molecule has 7 aromatic rings. The van der Waals surface area contributed by atoms with Crippen molar-refractivity contribution in [3.8, 4) is 33.5 Å². The van der Waals surface area contributed by atoms with Gasteiger partial charge in [0.2, 0.25) is 0 Å². The van der Waals surface area contributed by atoms with E-state index in [0.717, 1.165) is 86.5 Å². The average molecular weight is 891 g/mol. The minimum Gasteiger partial charge on any atom is -0.512 e. The molecule has 0 aliphatic heterocycles. The van der Waals surface area contributed by atoms with Crippen LogP contribution >= 0.6 is 0 Å². The molecule has 0 amide bonds. The van der Waals surface area contributed by atoms with Gasteiger partial charge in [0.1, 0.15) is 11.2 Å². The molecule has 4 nitrogen and oxygen atoms in total. The predicted octanol–water partition coefficient (Wildman–Crippen LogP) is 13.4. The van der Waals surface area contributed by atoms with Gasteiger partial charge in [-0.15, -0.1) is 23.6 Å². The van der Waals surface area contributed by atoms with Gasteiger partial charge in [-0.25, -0.2) is 0 Å². The number of aliphatic hydroxyl groups is 1. The summed E-state index contributed by atoms with van der Waals surface area (Å²) in [5, 5.41) is 14.3. The number of nitrogens with zero attached hydrogens (tertiary/aromatic N) is 1. The van der Waals surface area contributed by atoms with Gasteiger partial charge >= 0.3 is 0 Å². The Kier molecular flexibility index (Phi) is 11.7. The Morgan fingerprint density at radius 3 is 1.94 bits per heavy atom. The SMILES string of the molecule is CC1(C)c2cc3ccccc3[c-]c2-c2ncc(-c3ccccc3)c3oc4c(-c5ccccc5)ccc1c4c23.CCC(CC)C(=O)/C=C(\O)C(CC)CC.[Ir]. The van der Waals surface area contributed by atoms with E-state index < -0.39 is 0 Å². The zero-order chi connectivity index (χ0) is 37.3. The Hall–Kier alpha value is -4.83. The van der Waals surface area contributed by atoms with Crippen molar-refractivity contribution in [3.05, 3.63) is 138 Å². The van der Waals surface area contributed by atoms with Crippen LogP contribution in [0.4, 0.5) is 0 Å². The van der Waals surface area contributed by atoms with E-state index in [0.29, 0.717) is 0 Å². The molecule has 0 unspecified atom stereocenters. The van der Waals surface area contributed by atoms with Gasteiger partial charge in [-0.05, 0) is 47.8 Å². The van der Waals surface area contributed by atoms with Crippen molar-refractivity contribution in [1.82, 2.24) is 4.98 Å². The fourth-order valence-corrected chi connectivity index (χ4v) is 8.02. The molecule has 1 radical (unpaired) electrons. The van der Waals surface area contributed by atoms with Gasteiger partial charge in [-0.3, -0.25) is 9.78 Å². The number of furan rings is 1. The molecule has 8 rings (SSSR count). The van der Waals surface area contributed by atoms with E-state index in [-0.39, 0.29) is 48.9 Å². The van der Waals surface area contributed by atoms with E-state index in [1.807, 2.05) is 40.0 Å². The monoisotopic (exact) mass is 891 g/mol. The summed E-state index contributed by atoms with van der Waals surface area (Å²) in [5.74, 6) is 0.547. The van der Waals surface area contributed by atoms with Crippen LogP contribution in [0.15, 0.2) is 126 Å². The fraction of sp³-hybridized carbons (Fsp3) is 0.265. The molecular weight excluding hydrogens is 843 g/mol. The summed E-state index contributed by atoms with van der Waals surface area (Å²) >= 11 is 0. The van der Waals surface area contributed by atoms with Crippen LogP contribution in [-0.2, 0) is 30.3 Å². The molecule has 0 spiro atoms. The van der Waals surface area contributed by atoms with E-state index in [9.17, 15) is 9.90 Å². The summed E-state index contributed by atoms with van der Waals surface area (Å²) in [6, 6.07) is 40.0. The first-order valence-electron chi connectivity index (χ1n) is 19.1. The number of pyridine rings is 1. The number of carbonyl (C=O) groups excluding carboxylic acids is 1. The molecule has 5 heteroatoms. The molecular formula is C49H48IrNO3-. The van der Waals surface area contributed by atoms with E-state index in [1.165, 1.54) is 22.6 Å². The standard InChI is InChI=1S/C36H24NO.C13H24O2.Ir/c1-36(2)29-18-17-26(22-11-5-3-6-12-22)34-31(29)32-33(27-19-24-15-9-10-16-25(24)20-30(27)36)37-21-28(35(32)38-34)23-13-7-4-8-14-23;1-5-10(6-2)12(14)9-13(15)11(7-3)8-4;/h3-18,20-21H,1-2H3;9-11,14H,5-8H2,1-4H3;/q-1;;/b;12-9-;. The van der Waals surface area contributed by atoms with Gasteiger partial charge < -0.3 is 9.52 Å². The van der Waals surface area contributed by atoms with Crippen LogP contribution in [-0.4, -0.2) is 15.9 Å². The summed E-state index contributed by atoms with van der Waals surface area (Å²) in [6.45, 7) is 12.7. The minimum atomic E-state index is -0.284. The molecule has 1 aliphatic carbocycles. The van der Waals surface area contributed by atoms with Crippen molar-refractivity contribution >= 4 is 38.5 Å². The average Bonchev–Trinajstić information content (AvgIpc) is 3.56. The third-order valence-corrected chi connectivity index (χ3v) is 11.3. The molecule has 0 saturated heterocycles. The summed E-state index contributed by atoms with van der Waals surface area (Å²) in [7, 11) is 0. The number of hydrogen-bond donors (Lipinski definition) is 1. The van der Waals surface area contributed by atoms with Crippen LogP contribution in [0.1, 0.15) is 78.4 Å². The molecule has 0 atom stereocenters. The number of aliphatic hydroxyl groups excluding tert-OH is 1. The molecule has 0 bridgehead atoms. The summed E-state index contributed by atoms with van der Waals surface area (Å²) in [5.41, 5.74) is 10.3. The molecule has 2 aromatic heterocycles. The van der Waals surface area contributed by atoms with E-state index in [2.05, 4.69) is 117 Å². The first-order chi connectivity index (χ1) is 25.7. The van der Waals surface area contributed by atoms with E-state index in [4.69, 9.17) is 9.40 Å². The van der Waals surface area contributed by atoms with Crippen LogP contribution < -0.4 is 0 Å². The van der Waals surface area contributed by atoms with Crippen LogP contribution in [0.5, 0.6) is 0 Å². The van der Waals surface area contributed by atoms with Crippen molar-refractivity contribution in [1.29, 1.82) is 0 Å². The maximum Gasteiger partial charge on any atom is 0.162 e. The number of benzene rings is 5. The Bertz CT molecular complexity index is 2450. The first-order valence-corrected chi connectivity index (χ1v) is 19.1. The Balaban J connectivity index is 0.000000267.